The lowest BCUT2D eigenvalue weighted by Crippen LogP contribution is -2.28. The van der Waals surface area contributed by atoms with E-state index in [-0.39, 0.29) is 16.1 Å². The molecule has 0 aliphatic carbocycles. The molecule has 0 radical (unpaired) electrons. The van der Waals surface area contributed by atoms with Crippen LogP contribution in [0.25, 0.3) is 0 Å². The third-order valence-electron chi connectivity index (χ3n) is 3.35. The highest BCUT2D eigenvalue weighted by Gasteiger charge is 2.20. The number of carbonyl (C=O) groups excluding carboxylic acids is 1. The normalized spacial score (nSPS) is 14.0. The van der Waals surface area contributed by atoms with Crippen LogP contribution < -0.4 is 10.0 Å². The maximum Gasteiger partial charge on any atom is 0.261 e. The van der Waals surface area contributed by atoms with E-state index in [1.165, 1.54) is 42.1 Å². The van der Waals surface area contributed by atoms with Gasteiger partial charge in [0.25, 0.3) is 15.9 Å². The second-order valence-electron chi connectivity index (χ2n) is 5.09. The highest BCUT2D eigenvalue weighted by Crippen LogP contribution is 2.22. The number of hydrogen-bond acceptors (Lipinski definition) is 5. The molecule has 0 unspecified atom stereocenters. The minimum absolute atomic E-state index is 0.0582. The molecule has 0 saturated heterocycles. The summed E-state index contributed by atoms with van der Waals surface area (Å²) < 4.78 is 27.5. The van der Waals surface area contributed by atoms with Crippen LogP contribution >= 0.6 is 23.4 Å². The van der Waals surface area contributed by atoms with Gasteiger partial charge >= 0.3 is 0 Å². The molecule has 0 spiro atoms. The molecule has 6 nitrogen and oxygen atoms in total. The fourth-order valence-corrected chi connectivity index (χ4v) is 4.09. The predicted octanol–water partition coefficient (Wildman–Crippen LogP) is 2.97. The van der Waals surface area contributed by atoms with Crippen LogP contribution in [0.4, 0.5) is 5.69 Å². The Hall–Kier alpha value is -2.03. The van der Waals surface area contributed by atoms with Crippen LogP contribution in [-0.4, -0.2) is 31.8 Å². The summed E-state index contributed by atoms with van der Waals surface area (Å²) in [7, 11) is -3.84. The zero-order valence-electron chi connectivity index (χ0n) is 12.9. The van der Waals surface area contributed by atoms with Crippen molar-refractivity contribution in [2.24, 2.45) is 4.99 Å². The van der Waals surface area contributed by atoms with Gasteiger partial charge in [0.15, 0.2) is 5.17 Å². The van der Waals surface area contributed by atoms with Crippen molar-refractivity contribution in [2.75, 3.05) is 17.0 Å². The number of rotatable bonds is 4. The lowest BCUT2D eigenvalue weighted by molar-refractivity contribution is 0.0979. The molecular formula is C16H14ClN3O3S2. The number of aliphatic imine (C=N–C) groups is 1. The second-order valence-corrected chi connectivity index (χ2v) is 8.30. The summed E-state index contributed by atoms with van der Waals surface area (Å²) >= 11 is 7.24. The summed E-state index contributed by atoms with van der Waals surface area (Å²) in [6.07, 6.45) is 0. The molecule has 0 atom stereocenters. The van der Waals surface area contributed by atoms with Crippen molar-refractivity contribution in [2.45, 2.75) is 4.90 Å². The van der Waals surface area contributed by atoms with Gasteiger partial charge in [0.05, 0.1) is 22.7 Å². The molecule has 1 aliphatic rings. The Morgan fingerprint density at radius 2 is 1.84 bits per heavy atom. The topological polar surface area (TPSA) is 87.6 Å². The van der Waals surface area contributed by atoms with Crippen LogP contribution in [0.1, 0.15) is 10.4 Å². The summed E-state index contributed by atoms with van der Waals surface area (Å²) in [5.41, 5.74) is 0.411. The molecule has 1 heterocycles. The molecule has 3 rings (SSSR count). The number of amides is 1. The smallest absolute Gasteiger partial charge is 0.261 e. The maximum atomic E-state index is 12.5. The summed E-state index contributed by atoms with van der Waals surface area (Å²) in [6.45, 7) is 0.658. The largest absolute Gasteiger partial charge is 0.301 e. The Labute approximate surface area is 154 Å². The van der Waals surface area contributed by atoms with Crippen molar-refractivity contribution in [3.05, 3.63) is 59.1 Å². The molecule has 0 aromatic heterocycles. The van der Waals surface area contributed by atoms with Crippen LogP contribution in [-0.2, 0) is 10.0 Å². The van der Waals surface area contributed by atoms with Gasteiger partial charge < -0.3 is 5.32 Å². The van der Waals surface area contributed by atoms with Crippen molar-refractivity contribution in [1.82, 2.24) is 5.32 Å². The van der Waals surface area contributed by atoms with Gasteiger partial charge in [-0.2, -0.15) is 0 Å². The number of thioether (sulfide) groups is 1. The van der Waals surface area contributed by atoms with Crippen LogP contribution in [0.5, 0.6) is 0 Å². The summed E-state index contributed by atoms with van der Waals surface area (Å²) in [5.74, 6) is 0.406. The number of amidine groups is 1. The summed E-state index contributed by atoms with van der Waals surface area (Å²) in [5, 5.41) is 3.67. The van der Waals surface area contributed by atoms with E-state index in [1.54, 1.807) is 18.2 Å². The molecule has 2 aromatic carbocycles. The third kappa shape index (κ3) is 4.33. The van der Waals surface area contributed by atoms with Crippen LogP contribution in [0.2, 0.25) is 5.02 Å². The fourth-order valence-electron chi connectivity index (χ4n) is 2.16. The first-order valence-corrected chi connectivity index (χ1v) is 10.2. The van der Waals surface area contributed by atoms with E-state index < -0.39 is 15.9 Å². The van der Waals surface area contributed by atoms with E-state index in [9.17, 15) is 13.2 Å². The molecule has 2 N–H and O–H groups in total. The number of benzene rings is 2. The number of para-hydroxylation sites is 1. The number of hydrogen-bond donors (Lipinski definition) is 2. The summed E-state index contributed by atoms with van der Waals surface area (Å²) in [4.78, 5) is 16.6. The molecule has 0 bridgehead atoms. The minimum atomic E-state index is -3.84. The van der Waals surface area contributed by atoms with Gasteiger partial charge in [-0.05, 0) is 36.4 Å². The minimum Gasteiger partial charge on any atom is -0.301 e. The van der Waals surface area contributed by atoms with Gasteiger partial charge in [-0.3, -0.25) is 14.5 Å². The van der Waals surface area contributed by atoms with E-state index in [0.717, 1.165) is 5.75 Å². The Morgan fingerprint density at radius 3 is 2.52 bits per heavy atom. The van der Waals surface area contributed by atoms with Crippen molar-refractivity contribution in [3.63, 3.8) is 0 Å². The first-order valence-electron chi connectivity index (χ1n) is 7.32. The van der Waals surface area contributed by atoms with Gasteiger partial charge in [0.2, 0.25) is 0 Å². The Bertz CT molecular complexity index is 928. The zero-order chi connectivity index (χ0) is 17.9. The third-order valence-corrected chi connectivity index (χ3v) is 5.87. The van der Waals surface area contributed by atoms with E-state index in [0.29, 0.717) is 16.7 Å². The van der Waals surface area contributed by atoms with Gasteiger partial charge in [-0.25, -0.2) is 8.42 Å². The highest BCUT2D eigenvalue weighted by molar-refractivity contribution is 8.14. The molecule has 2 aromatic rings. The standard InChI is InChI=1S/C16H14ClN3O3S2/c17-11-5-7-12(8-6-11)25(22,23)20-14-4-2-1-3-13(14)15(21)19-16-18-9-10-24-16/h1-8,20H,9-10H2,(H,18,19,21). The Balaban J connectivity index is 1.85. The lowest BCUT2D eigenvalue weighted by atomic mass is 10.2. The molecular weight excluding hydrogens is 382 g/mol. The summed E-state index contributed by atoms with van der Waals surface area (Å²) in [6, 6.07) is 12.2. The molecule has 0 saturated carbocycles. The zero-order valence-corrected chi connectivity index (χ0v) is 15.3. The molecule has 1 aliphatic heterocycles. The second kappa shape index (κ2) is 7.47. The van der Waals surface area contributed by atoms with Crippen molar-refractivity contribution < 1.29 is 13.2 Å². The van der Waals surface area contributed by atoms with E-state index >= 15 is 0 Å². The predicted molar refractivity (Wildman–Crippen MR) is 101 cm³/mol. The van der Waals surface area contributed by atoms with Crippen molar-refractivity contribution in [1.29, 1.82) is 0 Å². The van der Waals surface area contributed by atoms with E-state index in [2.05, 4.69) is 15.0 Å². The average Bonchev–Trinajstić information content (AvgIpc) is 3.08. The molecule has 25 heavy (non-hydrogen) atoms. The number of nitrogens with one attached hydrogen (secondary N) is 2. The first kappa shape index (κ1) is 17.8. The highest BCUT2D eigenvalue weighted by atomic mass is 35.5. The number of carbonyl (C=O) groups is 1. The Morgan fingerprint density at radius 1 is 1.12 bits per heavy atom. The first-order chi connectivity index (χ1) is 12.0. The molecule has 9 heteroatoms. The molecule has 1 amide bonds. The average molecular weight is 396 g/mol. The number of sulfonamides is 1. The quantitative estimate of drug-likeness (QED) is 0.833. The van der Waals surface area contributed by atoms with E-state index in [4.69, 9.17) is 11.6 Å². The molecule has 130 valence electrons. The SMILES string of the molecule is O=C(NC1=NCCS1)c1ccccc1NS(=O)(=O)c1ccc(Cl)cc1. The van der Waals surface area contributed by atoms with Crippen LogP contribution in [0.3, 0.4) is 0 Å². The van der Waals surface area contributed by atoms with Gasteiger partial charge in [0, 0.05) is 10.8 Å². The maximum absolute atomic E-state index is 12.5. The van der Waals surface area contributed by atoms with E-state index in [1.807, 2.05) is 0 Å². The van der Waals surface area contributed by atoms with Gasteiger partial charge in [-0.15, -0.1) is 0 Å². The lowest BCUT2D eigenvalue weighted by Gasteiger charge is -2.12. The number of anilines is 1. The van der Waals surface area contributed by atoms with Crippen LogP contribution in [0.15, 0.2) is 58.4 Å². The Kier molecular flexibility index (Phi) is 5.31. The fraction of sp³-hybridized carbons (Fsp3) is 0.125. The number of halogens is 1. The van der Waals surface area contributed by atoms with Crippen molar-refractivity contribution >= 4 is 50.1 Å². The molecule has 0 fully saturated rings. The number of nitrogens with zero attached hydrogens (tertiary/aromatic N) is 1. The monoisotopic (exact) mass is 395 g/mol. The van der Waals surface area contributed by atoms with Gasteiger partial charge in [0.1, 0.15) is 0 Å². The van der Waals surface area contributed by atoms with Crippen LogP contribution in [0, 0.1) is 0 Å². The van der Waals surface area contributed by atoms with Crippen molar-refractivity contribution in [3.8, 4) is 0 Å². The van der Waals surface area contributed by atoms with Gasteiger partial charge in [-0.1, -0.05) is 35.5 Å².